The third-order valence-corrected chi connectivity index (χ3v) is 2.44. The molecule has 1 saturated heterocycles. The van der Waals surface area contributed by atoms with Crippen LogP contribution >= 0.6 is 0 Å². The van der Waals surface area contributed by atoms with E-state index in [0.29, 0.717) is 18.0 Å². The number of rotatable bonds is 3. The van der Waals surface area contributed by atoms with E-state index in [2.05, 4.69) is 10.3 Å². The normalized spacial score (nSPS) is 17.0. The van der Waals surface area contributed by atoms with Crippen molar-refractivity contribution in [3.05, 3.63) is 18.2 Å². The second kappa shape index (κ2) is 3.30. The second-order valence-electron chi connectivity index (χ2n) is 3.54. The van der Waals surface area contributed by atoms with Crippen molar-refractivity contribution in [1.29, 1.82) is 0 Å². The Morgan fingerprint density at radius 1 is 1.77 bits per heavy atom. The maximum atomic E-state index is 11.6. The summed E-state index contributed by atoms with van der Waals surface area (Å²) in [5, 5.41) is 3.15. The Morgan fingerprint density at radius 2 is 2.54 bits per heavy atom. The maximum Gasteiger partial charge on any atom is 0.181 e. The molecule has 0 aromatic carbocycles. The summed E-state index contributed by atoms with van der Waals surface area (Å²) in [6.07, 6.45) is 3.94. The smallest absolute Gasteiger partial charge is 0.181 e. The van der Waals surface area contributed by atoms with Crippen LogP contribution in [0.15, 0.2) is 12.5 Å². The number of hydrogen-bond acceptors (Lipinski definition) is 3. The summed E-state index contributed by atoms with van der Waals surface area (Å²) in [7, 11) is 1.85. The van der Waals surface area contributed by atoms with Crippen LogP contribution in [0.4, 0.5) is 0 Å². The average Bonchev–Trinajstić information content (AvgIpc) is 2.43. The van der Waals surface area contributed by atoms with Gasteiger partial charge in [0.2, 0.25) is 0 Å². The Labute approximate surface area is 77.0 Å². The topological polar surface area (TPSA) is 46.9 Å². The molecule has 0 bridgehead atoms. The number of ketones is 1. The number of carbonyl (C=O) groups is 1. The molecule has 0 spiro atoms. The van der Waals surface area contributed by atoms with Crippen LogP contribution in [0.3, 0.4) is 0 Å². The number of nitrogens with one attached hydrogen (secondary N) is 1. The van der Waals surface area contributed by atoms with Gasteiger partial charge in [0.15, 0.2) is 5.78 Å². The van der Waals surface area contributed by atoms with Crippen molar-refractivity contribution in [2.24, 2.45) is 13.0 Å². The van der Waals surface area contributed by atoms with Crippen molar-refractivity contribution >= 4 is 5.78 Å². The van der Waals surface area contributed by atoms with E-state index < -0.39 is 0 Å². The molecule has 13 heavy (non-hydrogen) atoms. The SMILES string of the molecule is Cn1cncc1C(=O)CC1CNC1. The van der Waals surface area contributed by atoms with E-state index in [1.54, 1.807) is 17.1 Å². The summed E-state index contributed by atoms with van der Waals surface area (Å²) in [5.41, 5.74) is 0.715. The third kappa shape index (κ3) is 1.62. The van der Waals surface area contributed by atoms with Crippen LogP contribution in [0.1, 0.15) is 16.9 Å². The summed E-state index contributed by atoms with van der Waals surface area (Å²) < 4.78 is 1.77. The second-order valence-corrected chi connectivity index (χ2v) is 3.54. The molecule has 2 heterocycles. The zero-order chi connectivity index (χ0) is 9.26. The van der Waals surface area contributed by atoms with Crippen LogP contribution in [-0.2, 0) is 7.05 Å². The molecule has 4 nitrogen and oxygen atoms in total. The number of imidazole rings is 1. The van der Waals surface area contributed by atoms with Gasteiger partial charge in [0.1, 0.15) is 5.69 Å². The molecular weight excluding hydrogens is 166 g/mol. The minimum atomic E-state index is 0.200. The Bertz CT molecular complexity index is 314. The van der Waals surface area contributed by atoms with Crippen LogP contribution in [-0.4, -0.2) is 28.4 Å². The number of carbonyl (C=O) groups excluding carboxylic acids is 1. The number of Topliss-reactive ketones (excluding diaryl/α,β-unsaturated/α-hetero) is 1. The van der Waals surface area contributed by atoms with E-state index in [1.807, 2.05) is 7.05 Å². The lowest BCUT2D eigenvalue weighted by Gasteiger charge is -2.26. The zero-order valence-electron chi connectivity index (χ0n) is 7.66. The molecule has 1 N–H and O–H groups in total. The molecule has 0 saturated carbocycles. The number of aryl methyl sites for hydroxylation is 1. The van der Waals surface area contributed by atoms with Gasteiger partial charge in [-0.3, -0.25) is 4.79 Å². The number of nitrogens with zero attached hydrogens (tertiary/aromatic N) is 2. The van der Waals surface area contributed by atoms with Gasteiger partial charge in [-0.05, 0) is 19.0 Å². The largest absolute Gasteiger partial charge is 0.331 e. The molecule has 1 aliphatic rings. The van der Waals surface area contributed by atoms with Crippen molar-refractivity contribution < 1.29 is 4.79 Å². The number of aromatic nitrogens is 2. The van der Waals surface area contributed by atoms with Crippen molar-refractivity contribution in [1.82, 2.24) is 14.9 Å². The van der Waals surface area contributed by atoms with Gasteiger partial charge in [0, 0.05) is 13.5 Å². The Balaban J connectivity index is 2.00. The molecule has 4 heteroatoms. The van der Waals surface area contributed by atoms with Crippen LogP contribution in [0.25, 0.3) is 0 Å². The highest BCUT2D eigenvalue weighted by Crippen LogP contribution is 2.12. The van der Waals surface area contributed by atoms with E-state index in [1.165, 1.54) is 0 Å². The van der Waals surface area contributed by atoms with E-state index in [0.717, 1.165) is 13.1 Å². The quantitative estimate of drug-likeness (QED) is 0.675. The first-order valence-corrected chi connectivity index (χ1v) is 4.47. The molecule has 1 fully saturated rings. The fourth-order valence-electron chi connectivity index (χ4n) is 1.49. The molecule has 1 aromatic rings. The Kier molecular flexibility index (Phi) is 2.14. The van der Waals surface area contributed by atoms with Gasteiger partial charge < -0.3 is 9.88 Å². The highest BCUT2D eigenvalue weighted by atomic mass is 16.1. The number of hydrogen-bond donors (Lipinski definition) is 1. The predicted molar refractivity (Wildman–Crippen MR) is 48.5 cm³/mol. The van der Waals surface area contributed by atoms with E-state index in [-0.39, 0.29) is 5.78 Å². The fourth-order valence-corrected chi connectivity index (χ4v) is 1.49. The molecule has 70 valence electrons. The molecule has 0 amide bonds. The monoisotopic (exact) mass is 179 g/mol. The van der Waals surface area contributed by atoms with Crippen molar-refractivity contribution in [3.63, 3.8) is 0 Å². The van der Waals surface area contributed by atoms with Crippen molar-refractivity contribution in [2.75, 3.05) is 13.1 Å². The molecule has 2 rings (SSSR count). The fraction of sp³-hybridized carbons (Fsp3) is 0.556. The lowest BCUT2D eigenvalue weighted by molar-refractivity contribution is 0.0937. The minimum absolute atomic E-state index is 0.200. The van der Waals surface area contributed by atoms with Gasteiger partial charge in [-0.25, -0.2) is 4.98 Å². The van der Waals surface area contributed by atoms with E-state index >= 15 is 0 Å². The van der Waals surface area contributed by atoms with Gasteiger partial charge >= 0.3 is 0 Å². The molecule has 0 radical (unpaired) electrons. The Hall–Kier alpha value is -1.16. The first-order chi connectivity index (χ1) is 6.27. The molecule has 1 aromatic heterocycles. The molecular formula is C9H13N3O. The summed E-state index contributed by atoms with van der Waals surface area (Å²) >= 11 is 0. The van der Waals surface area contributed by atoms with Gasteiger partial charge in [-0.2, -0.15) is 0 Å². The molecule has 0 unspecified atom stereocenters. The van der Waals surface area contributed by atoms with Crippen LogP contribution < -0.4 is 5.32 Å². The highest BCUT2D eigenvalue weighted by Gasteiger charge is 2.21. The predicted octanol–water partition coefficient (Wildman–Crippen LogP) is 0.212. The highest BCUT2D eigenvalue weighted by molar-refractivity contribution is 5.94. The van der Waals surface area contributed by atoms with E-state index in [4.69, 9.17) is 0 Å². The Morgan fingerprint density at radius 3 is 3.00 bits per heavy atom. The average molecular weight is 179 g/mol. The van der Waals surface area contributed by atoms with Gasteiger partial charge in [-0.15, -0.1) is 0 Å². The first-order valence-electron chi connectivity index (χ1n) is 4.47. The summed E-state index contributed by atoms with van der Waals surface area (Å²) in [6.45, 7) is 1.95. The minimum Gasteiger partial charge on any atom is -0.331 e. The summed E-state index contributed by atoms with van der Waals surface area (Å²) in [4.78, 5) is 15.6. The zero-order valence-corrected chi connectivity index (χ0v) is 7.66. The standard InChI is InChI=1S/C9H13N3O/c1-12-6-11-5-8(12)9(13)2-7-3-10-4-7/h5-7,10H,2-4H2,1H3. The summed E-state index contributed by atoms with van der Waals surface area (Å²) in [6, 6.07) is 0. The molecule has 0 aliphatic carbocycles. The summed E-state index contributed by atoms with van der Waals surface area (Å²) in [5.74, 6) is 0.730. The van der Waals surface area contributed by atoms with Crippen LogP contribution in [0, 0.1) is 5.92 Å². The van der Waals surface area contributed by atoms with Gasteiger partial charge in [-0.1, -0.05) is 0 Å². The van der Waals surface area contributed by atoms with Crippen LogP contribution in [0.2, 0.25) is 0 Å². The van der Waals surface area contributed by atoms with Gasteiger partial charge in [0.25, 0.3) is 0 Å². The maximum absolute atomic E-state index is 11.6. The molecule has 0 atom stereocenters. The van der Waals surface area contributed by atoms with Crippen LogP contribution in [0.5, 0.6) is 0 Å². The first kappa shape index (κ1) is 8.44. The van der Waals surface area contributed by atoms with Gasteiger partial charge in [0.05, 0.1) is 12.5 Å². The third-order valence-electron chi connectivity index (χ3n) is 2.44. The van der Waals surface area contributed by atoms with Crippen molar-refractivity contribution in [2.45, 2.75) is 6.42 Å². The lowest BCUT2D eigenvalue weighted by atomic mass is 9.96. The lowest BCUT2D eigenvalue weighted by Crippen LogP contribution is -2.43. The van der Waals surface area contributed by atoms with E-state index in [9.17, 15) is 4.79 Å². The molecule has 1 aliphatic heterocycles. The van der Waals surface area contributed by atoms with Crippen molar-refractivity contribution in [3.8, 4) is 0 Å².